The van der Waals surface area contributed by atoms with Crippen molar-refractivity contribution >= 4 is 33.0 Å². The van der Waals surface area contributed by atoms with Gasteiger partial charge in [-0.25, -0.2) is 8.42 Å². The van der Waals surface area contributed by atoms with Crippen LogP contribution < -0.4 is 5.73 Å². The highest BCUT2D eigenvalue weighted by molar-refractivity contribution is 7.91. The molecule has 2 N–H and O–H groups in total. The van der Waals surface area contributed by atoms with Crippen molar-refractivity contribution in [2.45, 2.75) is 39.7 Å². The molecule has 0 aromatic heterocycles. The first kappa shape index (κ1) is 16.4. The first-order valence-corrected chi connectivity index (χ1v) is 8.74. The van der Waals surface area contributed by atoms with Gasteiger partial charge in [0.2, 0.25) is 5.91 Å². The topological polar surface area (TPSA) is 80.5 Å². The van der Waals surface area contributed by atoms with E-state index in [0.717, 1.165) is 0 Å². The van der Waals surface area contributed by atoms with Crippen LogP contribution in [-0.2, 0) is 14.6 Å². The Bertz CT molecular complexity index is 469. The number of thiocarbonyl (C=S) groups is 1. The molecular weight excluding hydrogens is 284 g/mol. The number of carbonyl (C=O) groups excluding carboxylic acids is 1. The summed E-state index contributed by atoms with van der Waals surface area (Å²) in [5.74, 6) is -0.101. The molecular formula is C12H22N2O3S2. The van der Waals surface area contributed by atoms with Gasteiger partial charge in [0.1, 0.15) is 0 Å². The van der Waals surface area contributed by atoms with E-state index < -0.39 is 15.3 Å². The van der Waals surface area contributed by atoms with Gasteiger partial charge in [-0.05, 0) is 19.8 Å². The number of hydrogen-bond donors (Lipinski definition) is 1. The minimum Gasteiger partial charge on any atom is -0.392 e. The fourth-order valence-corrected chi connectivity index (χ4v) is 4.51. The molecule has 0 saturated carbocycles. The molecule has 1 amide bonds. The summed E-state index contributed by atoms with van der Waals surface area (Å²) in [6.07, 6.45) is 1.07. The van der Waals surface area contributed by atoms with E-state index in [-0.39, 0.29) is 35.0 Å². The highest BCUT2D eigenvalue weighted by Crippen LogP contribution is 2.31. The van der Waals surface area contributed by atoms with Crippen molar-refractivity contribution in [2.24, 2.45) is 11.1 Å². The summed E-state index contributed by atoms with van der Waals surface area (Å²) < 4.78 is 23.1. The van der Waals surface area contributed by atoms with E-state index in [2.05, 4.69) is 0 Å². The van der Waals surface area contributed by atoms with E-state index in [1.165, 1.54) is 0 Å². The lowest BCUT2D eigenvalue weighted by Crippen LogP contribution is -2.57. The van der Waals surface area contributed by atoms with Crippen molar-refractivity contribution in [3.8, 4) is 0 Å². The fraction of sp³-hybridized carbons (Fsp3) is 0.833. The van der Waals surface area contributed by atoms with Crippen LogP contribution >= 0.6 is 12.2 Å². The van der Waals surface area contributed by atoms with Crippen LogP contribution in [0.25, 0.3) is 0 Å². The molecule has 0 aromatic rings. The predicted molar refractivity (Wildman–Crippen MR) is 79.6 cm³/mol. The number of nitrogens with two attached hydrogens (primary N) is 1. The molecule has 1 unspecified atom stereocenters. The smallest absolute Gasteiger partial charge is 0.235 e. The van der Waals surface area contributed by atoms with E-state index in [1.807, 2.05) is 13.8 Å². The van der Waals surface area contributed by atoms with Gasteiger partial charge in [-0.3, -0.25) is 4.79 Å². The molecule has 1 fully saturated rings. The third-order valence-electron chi connectivity index (χ3n) is 4.02. The Labute approximate surface area is 120 Å². The molecule has 0 aromatic carbocycles. The molecule has 110 valence electrons. The number of rotatable bonds is 4. The summed E-state index contributed by atoms with van der Waals surface area (Å²) in [4.78, 5) is 14.5. The Hall–Kier alpha value is -0.690. The van der Waals surface area contributed by atoms with Gasteiger partial charge in [-0.1, -0.05) is 26.1 Å². The molecule has 0 aliphatic carbocycles. The molecule has 1 rings (SSSR count). The second-order valence-electron chi connectivity index (χ2n) is 5.12. The second-order valence-corrected chi connectivity index (χ2v) is 7.78. The van der Waals surface area contributed by atoms with E-state index in [9.17, 15) is 13.2 Å². The number of carbonyl (C=O) groups is 1. The molecule has 0 bridgehead atoms. The van der Waals surface area contributed by atoms with Crippen LogP contribution in [0.15, 0.2) is 0 Å². The molecule has 0 spiro atoms. The molecule has 5 nitrogen and oxygen atoms in total. The molecule has 7 heteroatoms. The Morgan fingerprint density at radius 1 is 1.42 bits per heavy atom. The van der Waals surface area contributed by atoms with Crippen LogP contribution in [-0.4, -0.2) is 48.3 Å². The Balaban J connectivity index is 3.03. The van der Waals surface area contributed by atoms with E-state index in [1.54, 1.807) is 11.8 Å². The zero-order valence-electron chi connectivity index (χ0n) is 11.7. The fourth-order valence-electron chi connectivity index (χ4n) is 2.58. The zero-order chi connectivity index (χ0) is 14.8. The standard InChI is InChI=1S/C12H22N2O3S2/c1-4-12(5-2,10(13)18)11(15)14-6-7-19(16,17)8-9(14)3/h9H,4-8H2,1-3H3,(H2,13,18). The predicted octanol–water partition coefficient (Wildman–Crippen LogP) is 0.724. The van der Waals surface area contributed by atoms with Gasteiger partial charge < -0.3 is 10.6 Å². The van der Waals surface area contributed by atoms with Crippen molar-refractivity contribution < 1.29 is 13.2 Å². The Morgan fingerprint density at radius 2 is 1.95 bits per heavy atom. The number of nitrogens with zero attached hydrogens (tertiary/aromatic N) is 1. The lowest BCUT2D eigenvalue weighted by atomic mass is 9.80. The van der Waals surface area contributed by atoms with Gasteiger partial charge in [-0.15, -0.1) is 0 Å². The normalized spacial score (nSPS) is 23.1. The summed E-state index contributed by atoms with van der Waals surface area (Å²) in [5, 5.41) is 0. The quantitative estimate of drug-likeness (QED) is 0.774. The molecule has 19 heavy (non-hydrogen) atoms. The largest absolute Gasteiger partial charge is 0.392 e. The van der Waals surface area contributed by atoms with Gasteiger partial charge in [0, 0.05) is 12.6 Å². The van der Waals surface area contributed by atoms with Crippen LogP contribution in [0.2, 0.25) is 0 Å². The van der Waals surface area contributed by atoms with Crippen LogP contribution in [0.5, 0.6) is 0 Å². The molecule has 1 atom stereocenters. The number of sulfone groups is 1. The van der Waals surface area contributed by atoms with Crippen LogP contribution in [0.1, 0.15) is 33.6 Å². The summed E-state index contributed by atoms with van der Waals surface area (Å²) in [5.41, 5.74) is 4.92. The average Bonchev–Trinajstić information content (AvgIpc) is 2.29. The molecule has 1 saturated heterocycles. The minimum absolute atomic E-state index is 0.0135. The van der Waals surface area contributed by atoms with E-state index in [4.69, 9.17) is 18.0 Å². The maximum absolute atomic E-state index is 12.7. The SMILES string of the molecule is CCC(CC)(C(=O)N1CCS(=O)(=O)CC1C)C(N)=S. The zero-order valence-corrected chi connectivity index (χ0v) is 13.3. The lowest BCUT2D eigenvalue weighted by Gasteiger charge is -2.40. The van der Waals surface area contributed by atoms with Gasteiger partial charge in [0.25, 0.3) is 0 Å². The first-order valence-electron chi connectivity index (χ1n) is 6.51. The molecule has 1 aliphatic heterocycles. The highest BCUT2D eigenvalue weighted by Gasteiger charge is 2.44. The lowest BCUT2D eigenvalue weighted by molar-refractivity contribution is -0.140. The summed E-state index contributed by atoms with van der Waals surface area (Å²) >= 11 is 5.07. The number of hydrogen-bond acceptors (Lipinski definition) is 4. The van der Waals surface area contributed by atoms with E-state index >= 15 is 0 Å². The maximum atomic E-state index is 12.7. The highest BCUT2D eigenvalue weighted by atomic mass is 32.2. The summed E-state index contributed by atoms with van der Waals surface area (Å²) in [6.45, 7) is 5.74. The Morgan fingerprint density at radius 3 is 2.32 bits per heavy atom. The molecule has 1 heterocycles. The Kier molecular flexibility index (Phi) is 4.95. The summed E-state index contributed by atoms with van der Waals surface area (Å²) in [6, 6.07) is -0.321. The van der Waals surface area contributed by atoms with Crippen molar-refractivity contribution in [1.82, 2.24) is 4.90 Å². The number of amides is 1. The van der Waals surface area contributed by atoms with Crippen molar-refractivity contribution in [1.29, 1.82) is 0 Å². The van der Waals surface area contributed by atoms with Crippen LogP contribution in [0.3, 0.4) is 0 Å². The summed E-state index contributed by atoms with van der Waals surface area (Å²) in [7, 11) is -3.04. The van der Waals surface area contributed by atoms with Gasteiger partial charge >= 0.3 is 0 Å². The first-order chi connectivity index (χ1) is 8.70. The third kappa shape index (κ3) is 3.08. The van der Waals surface area contributed by atoms with Gasteiger partial charge in [-0.2, -0.15) is 0 Å². The average molecular weight is 306 g/mol. The van der Waals surface area contributed by atoms with Crippen LogP contribution in [0.4, 0.5) is 0 Å². The monoisotopic (exact) mass is 306 g/mol. The minimum atomic E-state index is -3.04. The maximum Gasteiger partial charge on any atom is 0.235 e. The second kappa shape index (κ2) is 5.75. The van der Waals surface area contributed by atoms with Crippen LogP contribution in [0, 0.1) is 5.41 Å². The molecule has 1 aliphatic rings. The van der Waals surface area contributed by atoms with E-state index in [0.29, 0.717) is 12.8 Å². The van der Waals surface area contributed by atoms with Gasteiger partial charge in [0.15, 0.2) is 9.84 Å². The van der Waals surface area contributed by atoms with Crippen molar-refractivity contribution in [2.75, 3.05) is 18.1 Å². The van der Waals surface area contributed by atoms with Crippen molar-refractivity contribution in [3.05, 3.63) is 0 Å². The van der Waals surface area contributed by atoms with Gasteiger partial charge in [0.05, 0.1) is 21.9 Å². The van der Waals surface area contributed by atoms with Crippen molar-refractivity contribution in [3.63, 3.8) is 0 Å². The third-order valence-corrected chi connectivity index (χ3v) is 6.20. The molecule has 0 radical (unpaired) electrons.